The van der Waals surface area contributed by atoms with Crippen LogP contribution in [0.3, 0.4) is 0 Å². The fourth-order valence-electron chi connectivity index (χ4n) is 2.66. The van der Waals surface area contributed by atoms with Crippen molar-refractivity contribution in [1.82, 2.24) is 9.97 Å². The van der Waals surface area contributed by atoms with E-state index in [-0.39, 0.29) is 24.8 Å². The molecule has 0 spiro atoms. The zero-order valence-electron chi connectivity index (χ0n) is 15.8. The summed E-state index contributed by atoms with van der Waals surface area (Å²) >= 11 is 3.41. The maximum atomic E-state index is 12.6. The van der Waals surface area contributed by atoms with E-state index in [2.05, 4.69) is 41.3 Å². The predicted octanol–water partition coefficient (Wildman–Crippen LogP) is 5.26. The molecule has 0 aliphatic rings. The first kappa shape index (κ1) is 21.8. The second-order valence-electron chi connectivity index (χ2n) is 6.27. The number of nitrogens with zero attached hydrogens (tertiary/aromatic N) is 2. The van der Waals surface area contributed by atoms with Crippen molar-refractivity contribution in [3.8, 4) is 17.0 Å². The zero-order valence-corrected chi connectivity index (χ0v) is 17.4. The molecule has 0 fully saturated rings. The lowest BCUT2D eigenvalue weighted by Gasteiger charge is -2.14. The van der Waals surface area contributed by atoms with Crippen LogP contribution in [0, 0.1) is 6.92 Å². The fourth-order valence-corrected chi connectivity index (χ4v) is 3.14. The van der Waals surface area contributed by atoms with E-state index < -0.39 is 6.36 Å². The van der Waals surface area contributed by atoms with Gasteiger partial charge in [0, 0.05) is 28.3 Å². The minimum Gasteiger partial charge on any atom is -0.406 e. The van der Waals surface area contributed by atoms with E-state index in [1.54, 1.807) is 12.1 Å². The van der Waals surface area contributed by atoms with Crippen molar-refractivity contribution >= 4 is 33.4 Å². The number of alkyl halides is 3. The third-order valence-corrected chi connectivity index (χ3v) is 4.43. The molecule has 1 heterocycles. The fraction of sp³-hybridized carbons (Fsp3) is 0.200. The molecule has 0 atom stereocenters. The molecule has 0 aliphatic carbocycles. The average Bonchev–Trinajstić information content (AvgIpc) is 2.67. The first-order valence-electron chi connectivity index (χ1n) is 8.87. The summed E-state index contributed by atoms with van der Waals surface area (Å²) in [7, 11) is 0. The number of ether oxygens (including phenoxy) is 1. The molecule has 0 unspecified atom stereocenters. The van der Waals surface area contributed by atoms with Gasteiger partial charge in [-0.25, -0.2) is 4.98 Å². The number of rotatable bonds is 7. The van der Waals surface area contributed by atoms with Gasteiger partial charge in [-0.3, -0.25) is 0 Å². The average molecular weight is 483 g/mol. The van der Waals surface area contributed by atoms with Crippen molar-refractivity contribution in [2.75, 3.05) is 23.8 Å². The summed E-state index contributed by atoms with van der Waals surface area (Å²) in [5.74, 6) is 0.315. The van der Waals surface area contributed by atoms with Crippen LogP contribution >= 0.6 is 15.9 Å². The van der Waals surface area contributed by atoms with Crippen molar-refractivity contribution in [3.05, 3.63) is 58.6 Å². The standard InChI is InChI=1S/C20H18BrF3N4O2/c1-12-9-14(21)5-6-16(12)26-18-11-17(27-19(28-18)25-7-8-29)13-3-2-4-15(10-13)30-20(22,23)24/h2-6,9-11,29H,7-8H2,1H3,(H2,25,26,27,28). The van der Waals surface area contributed by atoms with Crippen molar-refractivity contribution < 1.29 is 23.0 Å². The number of halogens is 4. The SMILES string of the molecule is Cc1cc(Br)ccc1Nc1cc(-c2cccc(OC(F)(F)F)c2)nc(NCCO)n1. The van der Waals surface area contributed by atoms with Gasteiger partial charge in [-0.05, 0) is 42.8 Å². The van der Waals surface area contributed by atoms with E-state index in [1.807, 2.05) is 25.1 Å². The summed E-state index contributed by atoms with van der Waals surface area (Å²) < 4.78 is 42.6. The Hall–Kier alpha value is -2.85. The Morgan fingerprint density at radius 1 is 1.10 bits per heavy atom. The summed E-state index contributed by atoms with van der Waals surface area (Å²) in [6.45, 7) is 2.02. The van der Waals surface area contributed by atoms with Crippen LogP contribution in [0.25, 0.3) is 11.3 Å². The van der Waals surface area contributed by atoms with Crippen LogP contribution in [-0.4, -0.2) is 34.6 Å². The first-order valence-corrected chi connectivity index (χ1v) is 9.66. The largest absolute Gasteiger partial charge is 0.573 e. The molecular formula is C20H18BrF3N4O2. The molecule has 30 heavy (non-hydrogen) atoms. The van der Waals surface area contributed by atoms with Crippen molar-refractivity contribution in [1.29, 1.82) is 0 Å². The summed E-state index contributed by atoms with van der Waals surface area (Å²) in [5, 5.41) is 15.1. The Morgan fingerprint density at radius 3 is 2.60 bits per heavy atom. The van der Waals surface area contributed by atoms with Gasteiger partial charge < -0.3 is 20.5 Å². The molecule has 1 aromatic heterocycles. The molecule has 2 aromatic carbocycles. The summed E-state index contributed by atoms with van der Waals surface area (Å²) in [4.78, 5) is 8.71. The number of aliphatic hydroxyl groups is 1. The maximum absolute atomic E-state index is 12.6. The number of nitrogens with one attached hydrogen (secondary N) is 2. The molecule has 3 aromatic rings. The van der Waals surface area contributed by atoms with Gasteiger partial charge in [-0.15, -0.1) is 13.2 Å². The van der Waals surface area contributed by atoms with Crippen LogP contribution in [-0.2, 0) is 0 Å². The topological polar surface area (TPSA) is 79.3 Å². The molecule has 10 heteroatoms. The number of anilines is 3. The number of aromatic nitrogens is 2. The molecule has 0 bridgehead atoms. The Kier molecular flexibility index (Phi) is 6.78. The van der Waals surface area contributed by atoms with Gasteiger partial charge in [-0.1, -0.05) is 28.1 Å². The quantitative estimate of drug-likeness (QED) is 0.426. The predicted molar refractivity (Wildman–Crippen MR) is 112 cm³/mol. The second kappa shape index (κ2) is 9.31. The second-order valence-corrected chi connectivity index (χ2v) is 7.19. The molecule has 158 valence electrons. The van der Waals surface area contributed by atoms with Crippen LogP contribution in [0.4, 0.5) is 30.6 Å². The number of aryl methyl sites for hydroxylation is 1. The summed E-state index contributed by atoms with van der Waals surface area (Å²) in [5.41, 5.74) is 2.58. The van der Waals surface area contributed by atoms with Crippen molar-refractivity contribution in [3.63, 3.8) is 0 Å². The van der Waals surface area contributed by atoms with Gasteiger partial charge in [0.25, 0.3) is 0 Å². The van der Waals surface area contributed by atoms with E-state index in [1.165, 1.54) is 18.2 Å². The van der Waals surface area contributed by atoms with Gasteiger partial charge in [0.05, 0.1) is 12.3 Å². The minimum absolute atomic E-state index is 0.128. The highest BCUT2D eigenvalue weighted by atomic mass is 79.9. The molecule has 6 nitrogen and oxygen atoms in total. The monoisotopic (exact) mass is 482 g/mol. The molecule has 0 radical (unpaired) electrons. The summed E-state index contributed by atoms with van der Waals surface area (Å²) in [6, 6.07) is 12.8. The van der Waals surface area contributed by atoms with Crippen molar-refractivity contribution in [2.24, 2.45) is 0 Å². The van der Waals surface area contributed by atoms with E-state index >= 15 is 0 Å². The zero-order chi connectivity index (χ0) is 21.7. The first-order chi connectivity index (χ1) is 14.2. The van der Waals surface area contributed by atoms with E-state index in [0.29, 0.717) is 17.1 Å². The van der Waals surface area contributed by atoms with Gasteiger partial charge in [-0.2, -0.15) is 4.98 Å². The molecule has 3 rings (SSSR count). The Morgan fingerprint density at radius 2 is 1.90 bits per heavy atom. The molecule has 0 aliphatic heterocycles. The normalized spacial score (nSPS) is 11.3. The smallest absolute Gasteiger partial charge is 0.406 e. The highest BCUT2D eigenvalue weighted by Crippen LogP contribution is 2.30. The van der Waals surface area contributed by atoms with Gasteiger partial charge >= 0.3 is 6.36 Å². The Labute approximate surface area is 179 Å². The summed E-state index contributed by atoms with van der Waals surface area (Å²) in [6.07, 6.45) is -4.79. The van der Waals surface area contributed by atoms with Gasteiger partial charge in [0.1, 0.15) is 11.6 Å². The van der Waals surface area contributed by atoms with Crippen LogP contribution in [0.1, 0.15) is 5.56 Å². The lowest BCUT2D eigenvalue weighted by Crippen LogP contribution is -2.17. The number of hydrogen-bond acceptors (Lipinski definition) is 6. The maximum Gasteiger partial charge on any atom is 0.573 e. The van der Waals surface area contributed by atoms with E-state index in [0.717, 1.165) is 15.7 Å². The van der Waals surface area contributed by atoms with E-state index in [4.69, 9.17) is 5.11 Å². The third kappa shape index (κ3) is 6.07. The molecule has 3 N–H and O–H groups in total. The number of hydrogen-bond donors (Lipinski definition) is 3. The van der Waals surface area contributed by atoms with Gasteiger partial charge in [0.2, 0.25) is 5.95 Å². The van der Waals surface area contributed by atoms with E-state index in [9.17, 15) is 13.2 Å². The third-order valence-electron chi connectivity index (χ3n) is 3.94. The number of benzene rings is 2. The molecular weight excluding hydrogens is 465 g/mol. The minimum atomic E-state index is -4.79. The molecule has 0 saturated carbocycles. The lowest BCUT2D eigenvalue weighted by molar-refractivity contribution is -0.274. The van der Waals surface area contributed by atoms with Crippen molar-refractivity contribution in [2.45, 2.75) is 13.3 Å². The molecule has 0 saturated heterocycles. The lowest BCUT2D eigenvalue weighted by atomic mass is 10.1. The highest BCUT2D eigenvalue weighted by Gasteiger charge is 2.31. The Balaban J connectivity index is 1.97. The Bertz CT molecular complexity index is 1030. The number of aliphatic hydroxyl groups excluding tert-OH is 1. The van der Waals surface area contributed by atoms with Crippen LogP contribution in [0.2, 0.25) is 0 Å². The van der Waals surface area contributed by atoms with Crippen LogP contribution in [0.5, 0.6) is 5.75 Å². The highest BCUT2D eigenvalue weighted by molar-refractivity contribution is 9.10. The molecule has 0 amide bonds. The van der Waals surface area contributed by atoms with Gasteiger partial charge in [0.15, 0.2) is 0 Å². The van der Waals surface area contributed by atoms with Crippen LogP contribution < -0.4 is 15.4 Å². The van der Waals surface area contributed by atoms with Crippen LogP contribution in [0.15, 0.2) is 53.0 Å².